The highest BCUT2D eigenvalue weighted by molar-refractivity contribution is 5.82. The maximum Gasteiger partial charge on any atom is 0.144 e. The van der Waals surface area contributed by atoms with E-state index in [4.69, 9.17) is 0 Å². The molecule has 0 amide bonds. The zero-order chi connectivity index (χ0) is 23.9. The Balaban J connectivity index is 1.74. The van der Waals surface area contributed by atoms with Crippen molar-refractivity contribution in [1.29, 1.82) is 0 Å². The van der Waals surface area contributed by atoms with E-state index in [0.29, 0.717) is 0 Å². The first-order valence-corrected chi connectivity index (χ1v) is 11.7. The molecule has 1 aliphatic heterocycles. The number of nitrogens with one attached hydrogen (secondary N) is 2. The van der Waals surface area contributed by atoms with Gasteiger partial charge in [0.15, 0.2) is 0 Å². The third kappa shape index (κ3) is 3.61. The molecule has 172 valence electrons. The summed E-state index contributed by atoms with van der Waals surface area (Å²) < 4.78 is 0. The third-order valence-electron chi connectivity index (χ3n) is 7.16. The van der Waals surface area contributed by atoms with Crippen molar-refractivity contribution in [2.24, 2.45) is 0 Å². The van der Waals surface area contributed by atoms with E-state index in [1.807, 2.05) is 41.4 Å². The molecule has 4 nitrogen and oxygen atoms in total. The largest absolute Gasteiger partial charge is 0.505 e. The quantitative estimate of drug-likeness (QED) is 0.306. The molecule has 0 bridgehead atoms. The molecule has 0 aliphatic carbocycles. The highest BCUT2D eigenvalue weighted by atomic mass is 16.3. The minimum Gasteiger partial charge on any atom is -0.505 e. The van der Waals surface area contributed by atoms with Crippen LogP contribution < -0.4 is 16.0 Å². The lowest BCUT2D eigenvalue weighted by Gasteiger charge is -2.34. The molecule has 0 aromatic heterocycles. The molecule has 0 atom stereocenters. The van der Waals surface area contributed by atoms with Gasteiger partial charge in [0.25, 0.3) is 0 Å². The van der Waals surface area contributed by atoms with E-state index in [2.05, 4.69) is 99.3 Å². The lowest BCUT2D eigenvalue weighted by Crippen LogP contribution is -2.33. The van der Waals surface area contributed by atoms with E-state index in [-0.39, 0.29) is 11.2 Å². The molecule has 1 heterocycles. The monoisotopic (exact) mass is 449 g/mol. The number of hydrazine groups is 2. The standard InChI is InChI=1S/C30H31N3O/c1-29(2,21-13-7-5-8-14-21)23-19-24(30(3,4)22-15-9-6-10-16-22)28(34)27(20-23)33-26-18-12-11-17-25(26)31-32-33/h5-20,31-32,34H,1-4H3. The number of nitrogens with zero attached hydrogens (tertiary/aromatic N) is 1. The van der Waals surface area contributed by atoms with Gasteiger partial charge in [-0.25, -0.2) is 0 Å². The maximum atomic E-state index is 11.7. The van der Waals surface area contributed by atoms with Crippen molar-refractivity contribution >= 4 is 17.1 Å². The second kappa shape index (κ2) is 8.23. The summed E-state index contributed by atoms with van der Waals surface area (Å²) in [5, 5.41) is 13.7. The van der Waals surface area contributed by atoms with Gasteiger partial charge in [-0.2, -0.15) is 0 Å². The molecular formula is C30H31N3O. The SMILES string of the molecule is CC(C)(c1ccccc1)c1cc(N2NNc3ccccc32)c(O)c(C(C)(C)c2ccccc2)c1. The minimum absolute atomic E-state index is 0.266. The van der Waals surface area contributed by atoms with Crippen molar-refractivity contribution < 1.29 is 5.11 Å². The van der Waals surface area contributed by atoms with Crippen LogP contribution in [0.2, 0.25) is 0 Å². The summed E-state index contributed by atoms with van der Waals surface area (Å²) in [6, 6.07) is 33.2. The van der Waals surface area contributed by atoms with Gasteiger partial charge in [0.1, 0.15) is 11.4 Å². The van der Waals surface area contributed by atoms with Crippen LogP contribution in [0.15, 0.2) is 97.1 Å². The first-order valence-electron chi connectivity index (χ1n) is 11.7. The van der Waals surface area contributed by atoms with Crippen LogP contribution >= 0.6 is 0 Å². The number of anilines is 3. The summed E-state index contributed by atoms with van der Waals surface area (Å²) in [4.78, 5) is 0. The number of hydrogen-bond acceptors (Lipinski definition) is 4. The van der Waals surface area contributed by atoms with Crippen molar-refractivity contribution in [2.75, 3.05) is 10.4 Å². The molecule has 1 aliphatic rings. The summed E-state index contributed by atoms with van der Waals surface area (Å²) in [6.07, 6.45) is 0. The Kier molecular flexibility index (Phi) is 5.34. The zero-order valence-electron chi connectivity index (χ0n) is 20.1. The zero-order valence-corrected chi connectivity index (χ0v) is 20.1. The fourth-order valence-electron chi connectivity index (χ4n) is 4.80. The number of aromatic hydroxyl groups is 1. The van der Waals surface area contributed by atoms with Gasteiger partial charge in [-0.15, -0.1) is 5.53 Å². The number of phenolic OH excluding ortho intramolecular Hbond substituents is 1. The predicted octanol–water partition coefficient (Wildman–Crippen LogP) is 7.03. The summed E-state index contributed by atoms with van der Waals surface area (Å²) in [5.41, 5.74) is 12.8. The highest BCUT2D eigenvalue weighted by Gasteiger charge is 2.34. The van der Waals surface area contributed by atoms with Crippen molar-refractivity contribution in [3.8, 4) is 5.75 Å². The molecule has 0 saturated carbocycles. The van der Waals surface area contributed by atoms with Gasteiger partial charge in [-0.05, 0) is 34.9 Å². The first kappa shape index (κ1) is 22.1. The van der Waals surface area contributed by atoms with Gasteiger partial charge in [0.05, 0.1) is 11.4 Å². The van der Waals surface area contributed by atoms with E-state index in [0.717, 1.165) is 33.8 Å². The van der Waals surface area contributed by atoms with E-state index in [1.165, 1.54) is 5.56 Å². The molecule has 4 heteroatoms. The minimum atomic E-state index is -0.407. The molecular weight excluding hydrogens is 418 g/mol. The second-order valence-corrected chi connectivity index (χ2v) is 9.96. The molecule has 4 aromatic rings. The molecule has 34 heavy (non-hydrogen) atoms. The summed E-state index contributed by atoms with van der Waals surface area (Å²) >= 11 is 0. The molecule has 0 saturated heterocycles. The van der Waals surface area contributed by atoms with Crippen molar-refractivity contribution in [2.45, 2.75) is 38.5 Å². The van der Waals surface area contributed by atoms with Gasteiger partial charge in [0.2, 0.25) is 0 Å². The Morgan fingerprint density at radius 1 is 0.618 bits per heavy atom. The molecule has 4 aromatic carbocycles. The first-order chi connectivity index (χ1) is 16.3. The fourth-order valence-corrected chi connectivity index (χ4v) is 4.80. The molecule has 0 spiro atoms. The topological polar surface area (TPSA) is 47.5 Å². The average molecular weight is 450 g/mol. The van der Waals surface area contributed by atoms with E-state index in [9.17, 15) is 5.11 Å². The molecule has 0 unspecified atom stereocenters. The fraction of sp³-hybridized carbons (Fsp3) is 0.200. The van der Waals surface area contributed by atoms with Crippen molar-refractivity contribution in [3.05, 3.63) is 119 Å². The highest BCUT2D eigenvalue weighted by Crippen LogP contribution is 2.48. The lowest BCUT2D eigenvalue weighted by atomic mass is 9.72. The smallest absolute Gasteiger partial charge is 0.144 e. The molecule has 5 rings (SSSR count). The van der Waals surface area contributed by atoms with E-state index >= 15 is 0 Å². The number of phenols is 1. The van der Waals surface area contributed by atoms with Crippen LogP contribution in [0, 0.1) is 0 Å². The Morgan fingerprint density at radius 3 is 1.82 bits per heavy atom. The van der Waals surface area contributed by atoms with Crippen LogP contribution in [-0.2, 0) is 10.8 Å². The van der Waals surface area contributed by atoms with Crippen molar-refractivity contribution in [1.82, 2.24) is 5.53 Å². The Labute approximate surface area is 201 Å². The van der Waals surface area contributed by atoms with Crippen LogP contribution in [0.1, 0.15) is 49.9 Å². The number of benzene rings is 4. The van der Waals surface area contributed by atoms with Crippen LogP contribution in [0.4, 0.5) is 17.1 Å². The number of rotatable bonds is 5. The predicted molar refractivity (Wildman–Crippen MR) is 141 cm³/mol. The second-order valence-electron chi connectivity index (χ2n) is 9.96. The van der Waals surface area contributed by atoms with Gasteiger partial charge in [-0.3, -0.25) is 5.01 Å². The summed E-state index contributed by atoms with van der Waals surface area (Å²) in [7, 11) is 0. The number of fused-ring (bicyclic) bond motifs is 1. The van der Waals surface area contributed by atoms with E-state index in [1.54, 1.807) is 0 Å². The van der Waals surface area contributed by atoms with Gasteiger partial charge in [0, 0.05) is 16.4 Å². The Hall–Kier alpha value is -3.76. The number of para-hydroxylation sites is 2. The molecule has 3 N–H and O–H groups in total. The van der Waals surface area contributed by atoms with Crippen molar-refractivity contribution in [3.63, 3.8) is 0 Å². The number of hydrogen-bond donors (Lipinski definition) is 3. The normalized spacial score (nSPS) is 13.5. The van der Waals surface area contributed by atoms with Gasteiger partial charge in [-0.1, -0.05) is 107 Å². The maximum absolute atomic E-state index is 11.7. The van der Waals surface area contributed by atoms with Crippen LogP contribution in [-0.4, -0.2) is 5.11 Å². The Bertz CT molecular complexity index is 1310. The Morgan fingerprint density at radius 2 is 1.18 bits per heavy atom. The van der Waals surface area contributed by atoms with E-state index < -0.39 is 5.41 Å². The molecule has 0 fully saturated rings. The molecule has 0 radical (unpaired) electrons. The average Bonchev–Trinajstić information content (AvgIpc) is 3.29. The van der Waals surface area contributed by atoms with Gasteiger partial charge >= 0.3 is 0 Å². The summed E-state index contributed by atoms with van der Waals surface area (Å²) in [6.45, 7) is 8.82. The van der Waals surface area contributed by atoms with Crippen LogP contribution in [0.5, 0.6) is 5.75 Å². The van der Waals surface area contributed by atoms with Crippen LogP contribution in [0.3, 0.4) is 0 Å². The lowest BCUT2D eigenvalue weighted by molar-refractivity contribution is 0.451. The van der Waals surface area contributed by atoms with Gasteiger partial charge < -0.3 is 10.5 Å². The third-order valence-corrected chi connectivity index (χ3v) is 7.16. The summed E-state index contributed by atoms with van der Waals surface area (Å²) in [5.74, 6) is 0.271. The van der Waals surface area contributed by atoms with Crippen LogP contribution in [0.25, 0.3) is 0 Å².